The van der Waals surface area contributed by atoms with Crippen LogP contribution in [0, 0.1) is 0 Å². The third kappa shape index (κ3) is 6.93. The van der Waals surface area contributed by atoms with Gasteiger partial charge in [0.1, 0.15) is 5.82 Å². The highest BCUT2D eigenvalue weighted by Gasteiger charge is 2.23. The third-order valence-corrected chi connectivity index (χ3v) is 5.43. The van der Waals surface area contributed by atoms with E-state index < -0.39 is 0 Å². The van der Waals surface area contributed by atoms with Gasteiger partial charge in [0.2, 0.25) is 5.91 Å². The van der Waals surface area contributed by atoms with Crippen molar-refractivity contribution in [2.45, 2.75) is 45.7 Å². The second kappa shape index (κ2) is 11.8. The molecule has 2 aromatic rings. The summed E-state index contributed by atoms with van der Waals surface area (Å²) in [6, 6.07) is 8.12. The molecular weight excluding hydrogens is 380 g/mol. The first kappa shape index (κ1) is 22.5. The quantitative estimate of drug-likeness (QED) is 0.572. The van der Waals surface area contributed by atoms with Gasteiger partial charge in [-0.05, 0) is 50.6 Å². The number of hydrogen-bond donors (Lipinski definition) is 1. The van der Waals surface area contributed by atoms with Gasteiger partial charge in [-0.1, -0.05) is 12.1 Å². The van der Waals surface area contributed by atoms with Crippen molar-refractivity contribution < 1.29 is 14.3 Å². The third-order valence-electron chi connectivity index (χ3n) is 5.43. The molecular formula is C23H34N4O3. The van der Waals surface area contributed by atoms with Crippen LogP contribution in [0.4, 0.5) is 5.69 Å². The first-order chi connectivity index (χ1) is 14.7. The molecule has 0 atom stereocenters. The van der Waals surface area contributed by atoms with Gasteiger partial charge in [-0.2, -0.15) is 0 Å². The van der Waals surface area contributed by atoms with E-state index in [0.717, 1.165) is 51.3 Å². The SMILES string of the molecule is CCOCCOCCn1ccnc1C1CCN(Cc2ccc(NC(C)=O)cc2)CC1. The van der Waals surface area contributed by atoms with Gasteiger partial charge in [0.05, 0.1) is 19.8 Å². The molecule has 164 valence electrons. The molecule has 0 saturated carbocycles. The molecule has 0 radical (unpaired) electrons. The summed E-state index contributed by atoms with van der Waals surface area (Å²) in [5, 5.41) is 2.81. The maximum atomic E-state index is 11.1. The van der Waals surface area contributed by atoms with E-state index in [4.69, 9.17) is 9.47 Å². The molecule has 0 unspecified atom stereocenters. The molecule has 1 N–H and O–H groups in total. The summed E-state index contributed by atoms with van der Waals surface area (Å²) in [6.45, 7) is 10.1. The number of hydrogen-bond acceptors (Lipinski definition) is 5. The number of carbonyl (C=O) groups is 1. The van der Waals surface area contributed by atoms with Crippen molar-refractivity contribution in [3.63, 3.8) is 0 Å². The van der Waals surface area contributed by atoms with E-state index in [2.05, 4.69) is 38.1 Å². The largest absolute Gasteiger partial charge is 0.379 e. The van der Waals surface area contributed by atoms with Gasteiger partial charge in [-0.15, -0.1) is 0 Å². The number of anilines is 1. The Morgan fingerprint density at radius 1 is 1.13 bits per heavy atom. The second-order valence-corrected chi connectivity index (χ2v) is 7.72. The number of ether oxygens (including phenoxy) is 2. The maximum absolute atomic E-state index is 11.1. The standard InChI is InChI=1S/C23H34N4O3/c1-3-29-16-17-30-15-14-27-13-10-24-23(27)21-8-11-26(12-9-21)18-20-4-6-22(7-5-20)25-19(2)28/h4-7,10,13,21H,3,8-9,11-12,14-18H2,1-2H3,(H,25,28). The van der Waals surface area contributed by atoms with Crippen molar-refractivity contribution in [3.8, 4) is 0 Å². The van der Waals surface area contributed by atoms with Gasteiger partial charge in [-0.25, -0.2) is 4.98 Å². The summed E-state index contributed by atoms with van der Waals surface area (Å²) in [7, 11) is 0. The molecule has 0 bridgehead atoms. The van der Waals surface area contributed by atoms with Gasteiger partial charge < -0.3 is 19.4 Å². The fraction of sp³-hybridized carbons (Fsp3) is 0.565. The number of piperidine rings is 1. The molecule has 1 saturated heterocycles. The van der Waals surface area contributed by atoms with Crippen LogP contribution in [0.1, 0.15) is 44.0 Å². The number of likely N-dealkylation sites (tertiary alicyclic amines) is 1. The van der Waals surface area contributed by atoms with Crippen LogP contribution >= 0.6 is 0 Å². The Bertz CT molecular complexity index is 767. The number of benzene rings is 1. The van der Waals surface area contributed by atoms with Crippen molar-refractivity contribution in [1.29, 1.82) is 0 Å². The monoisotopic (exact) mass is 414 g/mol. The lowest BCUT2D eigenvalue weighted by Crippen LogP contribution is -2.33. The fourth-order valence-corrected chi connectivity index (χ4v) is 3.90. The smallest absolute Gasteiger partial charge is 0.221 e. The maximum Gasteiger partial charge on any atom is 0.221 e. The molecule has 30 heavy (non-hydrogen) atoms. The van der Waals surface area contributed by atoms with Crippen molar-refractivity contribution in [3.05, 3.63) is 48.0 Å². The summed E-state index contributed by atoms with van der Waals surface area (Å²) in [5.41, 5.74) is 2.12. The zero-order valence-corrected chi connectivity index (χ0v) is 18.2. The van der Waals surface area contributed by atoms with E-state index in [0.29, 0.717) is 25.7 Å². The average molecular weight is 415 g/mol. The van der Waals surface area contributed by atoms with Crippen LogP contribution in [0.3, 0.4) is 0 Å². The van der Waals surface area contributed by atoms with Gasteiger partial charge in [-0.3, -0.25) is 9.69 Å². The van der Waals surface area contributed by atoms with Gasteiger partial charge in [0.15, 0.2) is 0 Å². The Hall–Kier alpha value is -2.22. The summed E-state index contributed by atoms with van der Waals surface area (Å²) >= 11 is 0. The molecule has 2 heterocycles. The first-order valence-electron chi connectivity index (χ1n) is 10.9. The fourth-order valence-electron chi connectivity index (χ4n) is 3.90. The average Bonchev–Trinajstić information content (AvgIpc) is 3.21. The van der Waals surface area contributed by atoms with Gasteiger partial charge >= 0.3 is 0 Å². The summed E-state index contributed by atoms with van der Waals surface area (Å²) in [4.78, 5) is 18.3. The minimum absolute atomic E-state index is 0.0414. The van der Waals surface area contributed by atoms with Crippen LogP contribution in [0.25, 0.3) is 0 Å². The molecule has 1 aromatic heterocycles. The Morgan fingerprint density at radius 2 is 1.87 bits per heavy atom. The highest BCUT2D eigenvalue weighted by atomic mass is 16.5. The summed E-state index contributed by atoms with van der Waals surface area (Å²) in [5.74, 6) is 1.64. The van der Waals surface area contributed by atoms with E-state index in [-0.39, 0.29) is 5.91 Å². The lowest BCUT2D eigenvalue weighted by atomic mass is 9.95. The Labute approximate surface area is 179 Å². The van der Waals surface area contributed by atoms with E-state index in [9.17, 15) is 4.79 Å². The molecule has 1 aliphatic heterocycles. The minimum Gasteiger partial charge on any atom is -0.379 e. The van der Waals surface area contributed by atoms with Crippen LogP contribution in [0.5, 0.6) is 0 Å². The molecule has 1 fully saturated rings. The van der Waals surface area contributed by atoms with E-state index >= 15 is 0 Å². The normalized spacial score (nSPS) is 15.4. The van der Waals surface area contributed by atoms with Crippen LogP contribution in [0.15, 0.2) is 36.7 Å². The molecule has 1 aliphatic rings. The van der Waals surface area contributed by atoms with Crippen molar-refractivity contribution in [1.82, 2.24) is 14.5 Å². The Kier molecular flexibility index (Phi) is 8.86. The molecule has 7 heteroatoms. The highest BCUT2D eigenvalue weighted by molar-refractivity contribution is 5.88. The minimum atomic E-state index is -0.0414. The predicted molar refractivity (Wildman–Crippen MR) is 118 cm³/mol. The van der Waals surface area contributed by atoms with Crippen LogP contribution < -0.4 is 5.32 Å². The molecule has 0 aliphatic carbocycles. The predicted octanol–water partition coefficient (Wildman–Crippen LogP) is 3.27. The number of aromatic nitrogens is 2. The Morgan fingerprint density at radius 3 is 2.57 bits per heavy atom. The number of imidazole rings is 1. The number of nitrogens with zero attached hydrogens (tertiary/aromatic N) is 3. The molecule has 7 nitrogen and oxygen atoms in total. The zero-order valence-electron chi connectivity index (χ0n) is 18.2. The number of nitrogens with one attached hydrogen (secondary N) is 1. The Balaban J connectivity index is 1.42. The van der Waals surface area contributed by atoms with Crippen molar-refractivity contribution in [2.24, 2.45) is 0 Å². The van der Waals surface area contributed by atoms with Gasteiger partial charge in [0.25, 0.3) is 0 Å². The van der Waals surface area contributed by atoms with Crippen molar-refractivity contribution in [2.75, 3.05) is 44.8 Å². The molecule has 0 spiro atoms. The van der Waals surface area contributed by atoms with Crippen LogP contribution in [0.2, 0.25) is 0 Å². The van der Waals surface area contributed by atoms with Crippen LogP contribution in [-0.2, 0) is 27.4 Å². The molecule has 1 aromatic carbocycles. The van der Waals surface area contributed by atoms with E-state index in [1.165, 1.54) is 18.3 Å². The number of amides is 1. The highest BCUT2D eigenvalue weighted by Crippen LogP contribution is 2.27. The summed E-state index contributed by atoms with van der Waals surface area (Å²) < 4.78 is 13.2. The topological polar surface area (TPSA) is 68.6 Å². The molecule has 3 rings (SSSR count). The van der Waals surface area contributed by atoms with Crippen LogP contribution in [-0.4, -0.2) is 59.9 Å². The second-order valence-electron chi connectivity index (χ2n) is 7.72. The number of rotatable bonds is 11. The lowest BCUT2D eigenvalue weighted by Gasteiger charge is -2.32. The van der Waals surface area contributed by atoms with Crippen molar-refractivity contribution >= 4 is 11.6 Å². The van der Waals surface area contributed by atoms with E-state index in [1.807, 2.05) is 25.3 Å². The number of carbonyl (C=O) groups excluding carboxylic acids is 1. The summed E-state index contributed by atoms with van der Waals surface area (Å²) in [6.07, 6.45) is 6.20. The lowest BCUT2D eigenvalue weighted by molar-refractivity contribution is -0.114. The molecule has 1 amide bonds. The van der Waals surface area contributed by atoms with Gasteiger partial charge in [0, 0.05) is 50.6 Å². The first-order valence-corrected chi connectivity index (χ1v) is 10.9. The van der Waals surface area contributed by atoms with E-state index in [1.54, 1.807) is 0 Å². The zero-order chi connectivity index (χ0) is 21.2.